The van der Waals surface area contributed by atoms with Gasteiger partial charge in [0.15, 0.2) is 0 Å². The molecule has 0 spiro atoms. The SMILES string of the molecule is CC(C)(CNCc1cnn2ccccc12)c1cccc(C(F)(F)F)n1. The fourth-order valence-corrected chi connectivity index (χ4v) is 2.69. The van der Waals surface area contributed by atoms with E-state index in [1.807, 2.05) is 38.2 Å². The maximum Gasteiger partial charge on any atom is 0.433 e. The van der Waals surface area contributed by atoms with E-state index in [4.69, 9.17) is 0 Å². The number of aromatic nitrogens is 3. The summed E-state index contributed by atoms with van der Waals surface area (Å²) in [4.78, 5) is 3.80. The molecular weight excluding hydrogens is 329 g/mol. The molecule has 3 aromatic rings. The van der Waals surface area contributed by atoms with Gasteiger partial charge in [-0.05, 0) is 24.3 Å². The van der Waals surface area contributed by atoms with Gasteiger partial charge in [0.05, 0.1) is 11.7 Å². The Kier molecular flexibility index (Phi) is 4.51. The molecule has 25 heavy (non-hydrogen) atoms. The van der Waals surface area contributed by atoms with Crippen LogP contribution in [0.3, 0.4) is 0 Å². The average Bonchev–Trinajstić information content (AvgIpc) is 2.97. The van der Waals surface area contributed by atoms with Crippen LogP contribution in [0.25, 0.3) is 5.52 Å². The quantitative estimate of drug-likeness (QED) is 0.762. The van der Waals surface area contributed by atoms with Gasteiger partial charge in [-0.2, -0.15) is 18.3 Å². The lowest BCUT2D eigenvalue weighted by atomic mass is 9.88. The Morgan fingerprint density at radius 1 is 1.04 bits per heavy atom. The van der Waals surface area contributed by atoms with Crippen molar-refractivity contribution in [2.45, 2.75) is 32.0 Å². The first-order chi connectivity index (χ1) is 11.8. The fraction of sp³-hybridized carbons (Fsp3) is 0.333. The lowest BCUT2D eigenvalue weighted by molar-refractivity contribution is -0.141. The molecular formula is C18H19F3N4. The van der Waals surface area contributed by atoms with Crippen molar-refractivity contribution in [3.63, 3.8) is 0 Å². The topological polar surface area (TPSA) is 42.2 Å². The molecule has 0 aliphatic heterocycles. The summed E-state index contributed by atoms with van der Waals surface area (Å²) in [5.41, 5.74) is 1.05. The normalized spacial score (nSPS) is 12.7. The molecule has 0 atom stereocenters. The van der Waals surface area contributed by atoms with Gasteiger partial charge in [0.2, 0.25) is 0 Å². The maximum absolute atomic E-state index is 12.9. The zero-order valence-electron chi connectivity index (χ0n) is 14.0. The molecule has 3 aromatic heterocycles. The lowest BCUT2D eigenvalue weighted by Crippen LogP contribution is -2.34. The third-order valence-corrected chi connectivity index (χ3v) is 4.12. The third kappa shape index (κ3) is 3.82. The Labute approximate surface area is 143 Å². The Morgan fingerprint density at radius 3 is 2.56 bits per heavy atom. The first kappa shape index (κ1) is 17.4. The number of nitrogens with zero attached hydrogens (tertiary/aromatic N) is 3. The summed E-state index contributed by atoms with van der Waals surface area (Å²) in [6.45, 7) is 4.82. The summed E-state index contributed by atoms with van der Waals surface area (Å²) in [6, 6.07) is 9.84. The molecule has 0 aliphatic rings. The maximum atomic E-state index is 12.9. The van der Waals surface area contributed by atoms with Crippen molar-refractivity contribution >= 4 is 5.52 Å². The molecule has 0 bridgehead atoms. The summed E-state index contributed by atoms with van der Waals surface area (Å²) < 4.78 is 40.4. The number of hydrogen-bond acceptors (Lipinski definition) is 3. The molecule has 7 heteroatoms. The first-order valence-electron chi connectivity index (χ1n) is 7.94. The number of alkyl halides is 3. The number of rotatable bonds is 5. The highest BCUT2D eigenvalue weighted by atomic mass is 19.4. The van der Waals surface area contributed by atoms with Gasteiger partial charge in [0, 0.05) is 36.0 Å². The van der Waals surface area contributed by atoms with Crippen molar-refractivity contribution < 1.29 is 13.2 Å². The van der Waals surface area contributed by atoms with Crippen LogP contribution in [0, 0.1) is 0 Å². The van der Waals surface area contributed by atoms with E-state index in [1.54, 1.807) is 16.8 Å². The molecule has 0 aliphatic carbocycles. The standard InChI is InChI=1S/C18H19F3N4/c1-17(2,15-7-5-8-16(24-15)18(19,20)21)12-22-10-13-11-23-25-9-4-3-6-14(13)25/h3-9,11,22H,10,12H2,1-2H3. The second kappa shape index (κ2) is 6.48. The minimum absolute atomic E-state index is 0.412. The molecule has 0 fully saturated rings. The van der Waals surface area contributed by atoms with Crippen LogP contribution in [0.5, 0.6) is 0 Å². The minimum atomic E-state index is -4.43. The average molecular weight is 348 g/mol. The third-order valence-electron chi connectivity index (χ3n) is 4.12. The Bertz CT molecular complexity index is 868. The molecule has 0 saturated carbocycles. The highest BCUT2D eigenvalue weighted by molar-refractivity contribution is 5.53. The summed E-state index contributed by atoms with van der Waals surface area (Å²) in [6.07, 6.45) is -0.774. The smallest absolute Gasteiger partial charge is 0.312 e. The van der Waals surface area contributed by atoms with Gasteiger partial charge in [-0.15, -0.1) is 0 Å². The van der Waals surface area contributed by atoms with E-state index in [0.29, 0.717) is 18.8 Å². The van der Waals surface area contributed by atoms with Crippen molar-refractivity contribution in [1.29, 1.82) is 0 Å². The second-order valence-corrected chi connectivity index (χ2v) is 6.59. The highest BCUT2D eigenvalue weighted by Gasteiger charge is 2.34. The molecule has 3 rings (SSSR count). The van der Waals surface area contributed by atoms with Gasteiger partial charge in [-0.25, -0.2) is 9.50 Å². The van der Waals surface area contributed by atoms with Gasteiger partial charge in [0.1, 0.15) is 5.69 Å². The summed E-state index contributed by atoms with van der Waals surface area (Å²) in [5.74, 6) is 0. The number of nitrogens with one attached hydrogen (secondary N) is 1. The van der Waals surface area contributed by atoms with E-state index in [-0.39, 0.29) is 0 Å². The van der Waals surface area contributed by atoms with Crippen molar-refractivity contribution in [3.8, 4) is 0 Å². The molecule has 0 aromatic carbocycles. The van der Waals surface area contributed by atoms with Crippen LogP contribution in [-0.2, 0) is 18.1 Å². The predicted molar refractivity (Wildman–Crippen MR) is 89.2 cm³/mol. The van der Waals surface area contributed by atoms with Crippen LogP contribution < -0.4 is 5.32 Å². The summed E-state index contributed by atoms with van der Waals surface area (Å²) in [5, 5.41) is 7.57. The molecule has 132 valence electrons. The lowest BCUT2D eigenvalue weighted by Gasteiger charge is -2.25. The van der Waals surface area contributed by atoms with Crippen molar-refractivity contribution in [2.75, 3.05) is 6.54 Å². The molecule has 1 N–H and O–H groups in total. The zero-order chi connectivity index (χ0) is 18.1. The second-order valence-electron chi connectivity index (χ2n) is 6.59. The van der Waals surface area contributed by atoms with Crippen molar-refractivity contribution in [2.24, 2.45) is 0 Å². The van der Waals surface area contributed by atoms with Crippen LogP contribution in [0.15, 0.2) is 48.8 Å². The number of halogens is 3. The molecule has 0 unspecified atom stereocenters. The van der Waals surface area contributed by atoms with E-state index in [9.17, 15) is 13.2 Å². The van der Waals surface area contributed by atoms with Crippen LogP contribution in [0.1, 0.15) is 30.8 Å². The van der Waals surface area contributed by atoms with E-state index in [2.05, 4.69) is 15.4 Å². The summed E-state index contributed by atoms with van der Waals surface area (Å²) >= 11 is 0. The van der Waals surface area contributed by atoms with Crippen LogP contribution in [0.4, 0.5) is 13.2 Å². The fourth-order valence-electron chi connectivity index (χ4n) is 2.69. The van der Waals surface area contributed by atoms with Crippen LogP contribution in [0.2, 0.25) is 0 Å². The van der Waals surface area contributed by atoms with Gasteiger partial charge in [0.25, 0.3) is 0 Å². The Balaban J connectivity index is 1.70. The van der Waals surface area contributed by atoms with E-state index in [1.165, 1.54) is 6.07 Å². The largest absolute Gasteiger partial charge is 0.433 e. The van der Waals surface area contributed by atoms with Crippen molar-refractivity contribution in [1.82, 2.24) is 19.9 Å². The molecule has 3 heterocycles. The highest BCUT2D eigenvalue weighted by Crippen LogP contribution is 2.29. The predicted octanol–water partition coefficient (Wildman–Crippen LogP) is 3.82. The van der Waals surface area contributed by atoms with E-state index >= 15 is 0 Å². The van der Waals surface area contributed by atoms with Crippen molar-refractivity contribution in [3.05, 3.63) is 65.7 Å². The number of hydrogen-bond donors (Lipinski definition) is 1. The van der Waals surface area contributed by atoms with Crippen LogP contribution >= 0.6 is 0 Å². The Morgan fingerprint density at radius 2 is 1.80 bits per heavy atom. The Hall–Kier alpha value is -2.41. The van der Waals surface area contributed by atoms with Gasteiger partial charge in [-0.1, -0.05) is 26.0 Å². The van der Waals surface area contributed by atoms with Gasteiger partial charge in [-0.3, -0.25) is 0 Å². The van der Waals surface area contributed by atoms with Gasteiger partial charge < -0.3 is 5.32 Å². The zero-order valence-corrected chi connectivity index (χ0v) is 14.0. The summed E-state index contributed by atoms with van der Waals surface area (Å²) in [7, 11) is 0. The molecule has 4 nitrogen and oxygen atoms in total. The minimum Gasteiger partial charge on any atom is -0.312 e. The number of pyridine rings is 2. The molecule has 0 radical (unpaired) electrons. The van der Waals surface area contributed by atoms with Gasteiger partial charge >= 0.3 is 6.18 Å². The monoisotopic (exact) mass is 348 g/mol. The molecule has 0 saturated heterocycles. The van der Waals surface area contributed by atoms with Crippen LogP contribution in [-0.4, -0.2) is 21.1 Å². The first-order valence-corrected chi connectivity index (χ1v) is 7.94. The molecule has 0 amide bonds. The number of fused-ring (bicyclic) bond motifs is 1. The van der Waals surface area contributed by atoms with E-state index < -0.39 is 17.3 Å². The van der Waals surface area contributed by atoms with E-state index in [0.717, 1.165) is 17.1 Å².